The predicted octanol–water partition coefficient (Wildman–Crippen LogP) is 2.49. The van der Waals surface area contributed by atoms with Gasteiger partial charge in [-0.1, -0.05) is 12.1 Å². The maximum absolute atomic E-state index is 12.3. The Labute approximate surface area is 141 Å². The maximum atomic E-state index is 12.3. The summed E-state index contributed by atoms with van der Waals surface area (Å²) < 4.78 is 5.91. The highest BCUT2D eigenvalue weighted by Gasteiger charge is 2.27. The van der Waals surface area contributed by atoms with Gasteiger partial charge in [0.1, 0.15) is 0 Å². The second-order valence-corrected chi connectivity index (χ2v) is 6.65. The van der Waals surface area contributed by atoms with Crippen molar-refractivity contribution in [3.63, 3.8) is 0 Å². The van der Waals surface area contributed by atoms with Crippen LogP contribution in [0.15, 0.2) is 24.3 Å². The number of urea groups is 1. The number of carbonyl (C=O) groups is 2. The summed E-state index contributed by atoms with van der Waals surface area (Å²) in [7, 11) is 0. The first kappa shape index (κ1) is 16.8. The van der Waals surface area contributed by atoms with Crippen LogP contribution in [0.5, 0.6) is 0 Å². The molecule has 6 heteroatoms. The summed E-state index contributed by atoms with van der Waals surface area (Å²) in [5, 5.41) is 11.8. The number of piperidine rings is 1. The van der Waals surface area contributed by atoms with E-state index >= 15 is 0 Å². The summed E-state index contributed by atoms with van der Waals surface area (Å²) in [6.45, 7) is 2.63. The van der Waals surface area contributed by atoms with Crippen LogP contribution in [-0.2, 0) is 11.3 Å². The standard InChI is InChI=1S/C18H24N2O4/c21-17(22)15-7-5-13(6-8-15)10-19-18(23)20-9-1-2-16(11-20)24-12-14-3-4-14/h5-8,14,16H,1-4,9-12H2,(H,19,23)(H,21,22). The lowest BCUT2D eigenvalue weighted by atomic mass is 10.1. The Morgan fingerprint density at radius 2 is 1.96 bits per heavy atom. The summed E-state index contributed by atoms with van der Waals surface area (Å²) in [5.41, 5.74) is 1.13. The normalized spacial score (nSPS) is 20.7. The molecular weight excluding hydrogens is 308 g/mol. The van der Waals surface area contributed by atoms with Gasteiger partial charge >= 0.3 is 12.0 Å². The van der Waals surface area contributed by atoms with E-state index in [1.165, 1.54) is 12.8 Å². The molecule has 2 aliphatic rings. The van der Waals surface area contributed by atoms with Gasteiger partial charge in [0.15, 0.2) is 0 Å². The number of amides is 2. The minimum absolute atomic E-state index is 0.0861. The molecule has 6 nitrogen and oxygen atoms in total. The molecular formula is C18H24N2O4. The van der Waals surface area contributed by atoms with Gasteiger partial charge in [0.05, 0.1) is 11.7 Å². The molecule has 0 spiro atoms. The van der Waals surface area contributed by atoms with E-state index in [1.54, 1.807) is 24.3 Å². The number of ether oxygens (including phenoxy) is 1. The monoisotopic (exact) mass is 332 g/mol. The minimum Gasteiger partial charge on any atom is -0.478 e. The van der Waals surface area contributed by atoms with Gasteiger partial charge < -0.3 is 20.1 Å². The molecule has 2 amide bonds. The quantitative estimate of drug-likeness (QED) is 0.839. The average molecular weight is 332 g/mol. The molecule has 2 N–H and O–H groups in total. The number of carboxylic acids is 1. The van der Waals surface area contributed by atoms with E-state index in [9.17, 15) is 9.59 Å². The second kappa shape index (κ2) is 7.66. The molecule has 1 heterocycles. The summed E-state index contributed by atoms with van der Waals surface area (Å²) in [6.07, 6.45) is 4.69. The van der Waals surface area contributed by atoms with Gasteiger partial charge in [0.25, 0.3) is 0 Å². The van der Waals surface area contributed by atoms with Gasteiger partial charge in [-0.2, -0.15) is 0 Å². The lowest BCUT2D eigenvalue weighted by Gasteiger charge is -2.32. The SMILES string of the molecule is O=C(O)c1ccc(CNC(=O)N2CCCC(OCC3CC3)C2)cc1. The number of benzene rings is 1. The molecule has 1 aliphatic carbocycles. The van der Waals surface area contributed by atoms with E-state index in [2.05, 4.69) is 5.32 Å². The molecule has 3 rings (SSSR count). The van der Waals surface area contributed by atoms with Crippen molar-refractivity contribution in [2.75, 3.05) is 19.7 Å². The Morgan fingerprint density at radius 3 is 2.62 bits per heavy atom. The maximum Gasteiger partial charge on any atom is 0.335 e. The number of carbonyl (C=O) groups excluding carboxylic acids is 1. The Kier molecular flexibility index (Phi) is 5.35. The van der Waals surface area contributed by atoms with Crippen LogP contribution in [0.3, 0.4) is 0 Å². The van der Waals surface area contributed by atoms with Gasteiger partial charge in [-0.25, -0.2) is 9.59 Å². The van der Waals surface area contributed by atoms with E-state index in [4.69, 9.17) is 9.84 Å². The van der Waals surface area contributed by atoms with Crippen LogP contribution in [0.2, 0.25) is 0 Å². The summed E-state index contributed by atoms with van der Waals surface area (Å²) in [6, 6.07) is 6.46. The first-order valence-corrected chi connectivity index (χ1v) is 8.58. The van der Waals surface area contributed by atoms with Gasteiger partial charge in [0.2, 0.25) is 0 Å². The van der Waals surface area contributed by atoms with E-state index in [0.29, 0.717) is 13.1 Å². The highest BCUT2D eigenvalue weighted by molar-refractivity contribution is 5.87. The van der Waals surface area contributed by atoms with Gasteiger partial charge in [0, 0.05) is 26.2 Å². The van der Waals surface area contributed by atoms with Crippen molar-refractivity contribution in [2.45, 2.75) is 38.3 Å². The first-order valence-electron chi connectivity index (χ1n) is 8.58. The number of nitrogens with one attached hydrogen (secondary N) is 1. The highest BCUT2D eigenvalue weighted by atomic mass is 16.5. The second-order valence-electron chi connectivity index (χ2n) is 6.65. The minimum atomic E-state index is -0.948. The third kappa shape index (κ3) is 4.71. The molecule has 1 atom stereocenters. The number of likely N-dealkylation sites (tertiary alicyclic amines) is 1. The average Bonchev–Trinajstić information content (AvgIpc) is 3.43. The Morgan fingerprint density at radius 1 is 1.21 bits per heavy atom. The largest absolute Gasteiger partial charge is 0.478 e. The Balaban J connectivity index is 1.44. The summed E-state index contributed by atoms with van der Waals surface area (Å²) in [5.74, 6) is -0.209. The number of aromatic carboxylic acids is 1. The van der Waals surface area contributed by atoms with Gasteiger partial charge in [-0.05, 0) is 49.3 Å². The van der Waals surface area contributed by atoms with Crippen molar-refractivity contribution in [1.29, 1.82) is 0 Å². The molecule has 0 aromatic heterocycles. The van der Waals surface area contributed by atoms with Crippen LogP contribution in [0.25, 0.3) is 0 Å². The Hall–Kier alpha value is -2.08. The van der Waals surface area contributed by atoms with Crippen LogP contribution in [0.4, 0.5) is 4.79 Å². The smallest absolute Gasteiger partial charge is 0.335 e. The Bertz CT molecular complexity index is 583. The molecule has 1 aliphatic heterocycles. The van der Waals surface area contributed by atoms with Crippen molar-refractivity contribution >= 4 is 12.0 Å². The fourth-order valence-corrected chi connectivity index (χ4v) is 2.87. The topological polar surface area (TPSA) is 78.9 Å². The molecule has 1 aromatic rings. The fraction of sp³-hybridized carbons (Fsp3) is 0.556. The number of hydrogen-bond acceptors (Lipinski definition) is 3. The van der Waals surface area contributed by atoms with Crippen molar-refractivity contribution < 1.29 is 19.4 Å². The number of hydrogen-bond donors (Lipinski definition) is 2. The number of rotatable bonds is 6. The molecule has 130 valence electrons. The zero-order chi connectivity index (χ0) is 16.9. The third-order valence-corrected chi connectivity index (χ3v) is 4.57. The third-order valence-electron chi connectivity index (χ3n) is 4.57. The molecule has 1 aromatic carbocycles. The van der Waals surface area contributed by atoms with Gasteiger partial charge in [-0.15, -0.1) is 0 Å². The molecule has 24 heavy (non-hydrogen) atoms. The molecule has 1 saturated heterocycles. The lowest BCUT2D eigenvalue weighted by molar-refractivity contribution is 0.00454. The highest BCUT2D eigenvalue weighted by Crippen LogP contribution is 2.29. The molecule has 1 saturated carbocycles. The number of nitrogens with zero attached hydrogens (tertiary/aromatic N) is 1. The van der Waals surface area contributed by atoms with Crippen LogP contribution in [0.1, 0.15) is 41.6 Å². The zero-order valence-corrected chi connectivity index (χ0v) is 13.7. The van der Waals surface area contributed by atoms with Crippen molar-refractivity contribution in [3.8, 4) is 0 Å². The molecule has 1 unspecified atom stereocenters. The molecule has 0 bridgehead atoms. The first-order chi connectivity index (χ1) is 11.6. The van der Waals surface area contributed by atoms with E-state index in [-0.39, 0.29) is 17.7 Å². The predicted molar refractivity (Wildman–Crippen MR) is 88.9 cm³/mol. The fourth-order valence-electron chi connectivity index (χ4n) is 2.87. The van der Waals surface area contributed by atoms with Crippen LogP contribution >= 0.6 is 0 Å². The van der Waals surface area contributed by atoms with Crippen LogP contribution in [0, 0.1) is 5.92 Å². The van der Waals surface area contributed by atoms with Crippen molar-refractivity contribution in [1.82, 2.24) is 10.2 Å². The van der Waals surface area contributed by atoms with Crippen molar-refractivity contribution in [2.24, 2.45) is 5.92 Å². The van der Waals surface area contributed by atoms with Crippen LogP contribution in [-0.4, -0.2) is 47.8 Å². The van der Waals surface area contributed by atoms with E-state index in [0.717, 1.165) is 37.5 Å². The zero-order valence-electron chi connectivity index (χ0n) is 13.7. The number of carboxylic acid groups (broad SMARTS) is 1. The van der Waals surface area contributed by atoms with Crippen LogP contribution < -0.4 is 5.32 Å². The van der Waals surface area contributed by atoms with E-state index < -0.39 is 5.97 Å². The van der Waals surface area contributed by atoms with Gasteiger partial charge in [-0.3, -0.25) is 0 Å². The summed E-state index contributed by atoms with van der Waals surface area (Å²) >= 11 is 0. The summed E-state index contributed by atoms with van der Waals surface area (Å²) in [4.78, 5) is 24.9. The molecule has 0 radical (unpaired) electrons. The van der Waals surface area contributed by atoms with E-state index in [1.807, 2.05) is 4.90 Å². The lowest BCUT2D eigenvalue weighted by Crippen LogP contribution is -2.47. The molecule has 2 fully saturated rings. The van der Waals surface area contributed by atoms with Crippen molar-refractivity contribution in [3.05, 3.63) is 35.4 Å².